The molecular formula is C61H65N15O8. The first kappa shape index (κ1) is 56.0. The quantitative estimate of drug-likeness (QED) is 0.134. The van der Waals surface area contributed by atoms with E-state index in [2.05, 4.69) is 26.0 Å². The Balaban J connectivity index is 0.000000175. The summed E-state index contributed by atoms with van der Waals surface area (Å²) in [5, 5.41) is 45.7. The number of nitrogens with one attached hydrogen (secondary N) is 2. The van der Waals surface area contributed by atoms with E-state index in [0.717, 1.165) is 49.8 Å². The number of aromatic hydroxyl groups is 2. The maximum absolute atomic E-state index is 14.2. The Labute approximate surface area is 484 Å². The van der Waals surface area contributed by atoms with Gasteiger partial charge in [-0.2, -0.15) is 5.10 Å². The van der Waals surface area contributed by atoms with Crippen molar-refractivity contribution in [3.05, 3.63) is 185 Å². The number of benzene rings is 6. The van der Waals surface area contributed by atoms with Gasteiger partial charge in [-0.15, -0.1) is 5.10 Å². The molecule has 4 aliphatic heterocycles. The number of aromatic nitrogens is 5. The van der Waals surface area contributed by atoms with Crippen LogP contribution in [0.5, 0.6) is 11.5 Å². The number of fused-ring (bicyclic) bond motifs is 4. The van der Waals surface area contributed by atoms with Gasteiger partial charge in [0.05, 0.1) is 43.4 Å². The Morgan fingerprint density at radius 3 is 1.50 bits per heavy atom. The third kappa shape index (κ3) is 11.5. The van der Waals surface area contributed by atoms with Gasteiger partial charge in [0.25, 0.3) is 0 Å². The highest BCUT2D eigenvalue weighted by Gasteiger charge is 2.52. The summed E-state index contributed by atoms with van der Waals surface area (Å²) in [5.74, 6) is -0.636. The third-order valence-corrected chi connectivity index (χ3v) is 15.9. The molecule has 0 bridgehead atoms. The highest BCUT2D eigenvalue weighted by atomic mass is 16.3. The van der Waals surface area contributed by atoms with E-state index in [4.69, 9.17) is 0 Å². The maximum Gasteiger partial charge on any atom is 0.334 e. The van der Waals surface area contributed by atoms with Crippen LogP contribution in [0.4, 0.5) is 9.59 Å². The summed E-state index contributed by atoms with van der Waals surface area (Å²) in [6, 6.07) is 41.6. The lowest BCUT2D eigenvalue weighted by atomic mass is 9.98. The van der Waals surface area contributed by atoms with Crippen LogP contribution in [-0.4, -0.2) is 175 Å². The molecule has 8 aromatic rings. The SMILES string of the molecule is CN1CC(=O)N2[C@@H](Cc3ccc(O)cc3)C(=O)N(Cc3cccc4c3nnn4C)C[C@@H]2N1C(=O)NCc1ccccc1.CN1CC(=O)N2[C@@H](Cc3ccc(O)cc3)C(=O)N(Cc3cccc4cnn(C)c34)C[C@@H]2N1C(=O)NCc1ccccc1. The van der Waals surface area contributed by atoms with Crippen molar-refractivity contribution in [1.29, 1.82) is 0 Å². The first-order valence-corrected chi connectivity index (χ1v) is 27.7. The van der Waals surface area contributed by atoms with Crippen LogP contribution in [-0.2, 0) is 72.3 Å². The van der Waals surface area contributed by atoms with Gasteiger partial charge < -0.3 is 40.4 Å². The molecule has 2 aromatic heterocycles. The molecule has 8 amide bonds. The molecule has 0 aliphatic carbocycles. The molecule has 0 spiro atoms. The lowest BCUT2D eigenvalue weighted by Gasteiger charge is -2.54. The minimum absolute atomic E-state index is 0.0387. The zero-order valence-corrected chi connectivity index (χ0v) is 47.0. The van der Waals surface area contributed by atoms with Crippen LogP contribution >= 0.6 is 0 Å². The fourth-order valence-electron chi connectivity index (χ4n) is 11.8. The summed E-state index contributed by atoms with van der Waals surface area (Å²) < 4.78 is 3.47. The number of nitrogens with zero attached hydrogens (tertiary/aromatic N) is 13. The van der Waals surface area contributed by atoms with Gasteiger partial charge >= 0.3 is 12.1 Å². The van der Waals surface area contributed by atoms with Crippen LogP contribution in [0, 0.1) is 0 Å². The molecular weight excluding hydrogens is 1070 g/mol. The van der Waals surface area contributed by atoms with Crippen LogP contribution in [0.15, 0.2) is 152 Å². The zero-order valence-electron chi connectivity index (χ0n) is 47.0. The summed E-state index contributed by atoms with van der Waals surface area (Å²) in [6.07, 6.45) is 0.832. The van der Waals surface area contributed by atoms with Crippen LogP contribution in [0.1, 0.15) is 33.4 Å². The number of piperazine rings is 2. The Morgan fingerprint density at radius 2 is 1.00 bits per heavy atom. The largest absolute Gasteiger partial charge is 0.508 e. The van der Waals surface area contributed by atoms with Crippen LogP contribution in [0.3, 0.4) is 0 Å². The average Bonchev–Trinajstić information content (AvgIpc) is 1.30. The van der Waals surface area contributed by atoms with E-state index in [-0.39, 0.29) is 92.8 Å². The van der Waals surface area contributed by atoms with E-state index in [1.54, 1.807) is 113 Å². The Kier molecular flexibility index (Phi) is 15.9. The van der Waals surface area contributed by atoms with Crippen molar-refractivity contribution < 1.29 is 39.0 Å². The molecule has 0 saturated carbocycles. The molecule has 23 nitrogen and oxygen atoms in total. The standard InChI is InChI=1S/C31H33N7O4.C30H32N8O4/c1-34-20-28(40)37-26(15-21-11-13-25(39)14-12-21)30(41)36(18-24-10-6-9-23-17-33-35(2)29(23)24)19-27(37)38(34)31(42)32-16-22-7-4-3-5-8-22;1-34-19-27(40)37-25(15-20-11-13-23(39)14-12-20)29(41)36(17-22-9-6-10-24-28(22)32-33-35(24)2)18-26(37)38(34)30(42)31-16-21-7-4-3-5-8-21/h3-14,17,26-27,39H,15-16,18-20H2,1-2H3,(H,32,42);3-14,25-26,39H,15-19H2,1-2H3,(H,31,42)/t26-,27-;25-,26-/m00/s1. The zero-order chi connectivity index (χ0) is 58.8. The highest BCUT2D eigenvalue weighted by Crippen LogP contribution is 2.33. The third-order valence-electron chi connectivity index (χ3n) is 15.9. The summed E-state index contributed by atoms with van der Waals surface area (Å²) in [4.78, 5) is 89.2. The molecule has 6 aromatic carbocycles. The molecule has 6 heterocycles. The number of phenolic OH excluding ortho intramolecular Hbond substituents is 2. The molecule has 4 atom stereocenters. The lowest BCUT2D eigenvalue weighted by Crippen LogP contribution is -2.76. The highest BCUT2D eigenvalue weighted by molar-refractivity contribution is 5.93. The van der Waals surface area contributed by atoms with Gasteiger partial charge in [0.15, 0.2) is 0 Å². The number of hydrazine groups is 2. The second kappa shape index (κ2) is 23.9. The van der Waals surface area contributed by atoms with Gasteiger partial charge in [0.1, 0.15) is 41.4 Å². The predicted octanol–water partition coefficient (Wildman–Crippen LogP) is 4.31. The Morgan fingerprint density at radius 1 is 0.536 bits per heavy atom. The summed E-state index contributed by atoms with van der Waals surface area (Å²) >= 11 is 0. The fourth-order valence-corrected chi connectivity index (χ4v) is 11.8. The number of para-hydroxylation sites is 1. The van der Waals surface area contributed by atoms with E-state index >= 15 is 0 Å². The summed E-state index contributed by atoms with van der Waals surface area (Å²) in [6.45, 7) is 1.36. The van der Waals surface area contributed by atoms with Crippen LogP contribution in [0.2, 0.25) is 0 Å². The summed E-state index contributed by atoms with van der Waals surface area (Å²) in [7, 11) is 7.09. The van der Waals surface area contributed by atoms with Crippen molar-refractivity contribution in [1.82, 2.24) is 75.0 Å². The number of rotatable bonds is 12. The van der Waals surface area contributed by atoms with E-state index in [1.165, 1.54) is 5.01 Å². The number of urea groups is 2. The molecule has 0 radical (unpaired) electrons. The van der Waals surface area contributed by atoms with Gasteiger partial charge in [-0.05, 0) is 58.1 Å². The molecule has 23 heteroatoms. The minimum atomic E-state index is -0.847. The minimum Gasteiger partial charge on any atom is -0.508 e. The number of hydrogen-bond donors (Lipinski definition) is 4. The summed E-state index contributed by atoms with van der Waals surface area (Å²) in [5.41, 5.74) is 7.69. The molecule has 4 N–H and O–H groups in total. The first-order valence-electron chi connectivity index (χ1n) is 27.7. The smallest absolute Gasteiger partial charge is 0.334 e. The van der Waals surface area contributed by atoms with Crippen molar-refractivity contribution in [3.8, 4) is 11.5 Å². The lowest BCUT2D eigenvalue weighted by molar-refractivity contribution is -0.187. The van der Waals surface area contributed by atoms with Gasteiger partial charge in [-0.1, -0.05) is 120 Å². The molecule has 432 valence electrons. The number of carbonyl (C=O) groups is 6. The van der Waals surface area contributed by atoms with Gasteiger partial charge in [-0.25, -0.2) is 34.3 Å². The van der Waals surface area contributed by atoms with Crippen LogP contribution in [0.25, 0.3) is 21.9 Å². The number of aryl methyl sites for hydroxylation is 2. The number of amides is 8. The monoisotopic (exact) mass is 1140 g/mol. The first-order chi connectivity index (χ1) is 40.6. The van der Waals surface area contributed by atoms with E-state index in [9.17, 15) is 39.0 Å². The number of hydrogen-bond acceptors (Lipinski definition) is 13. The topological polar surface area (TPSA) is 241 Å². The molecule has 0 unspecified atom stereocenters. The number of phenols is 2. The Hall–Kier alpha value is -9.87. The van der Waals surface area contributed by atoms with E-state index < -0.39 is 24.4 Å². The second-order valence-electron chi connectivity index (χ2n) is 21.5. The molecule has 4 saturated heterocycles. The number of carbonyl (C=O) groups excluding carboxylic acids is 6. The van der Waals surface area contributed by atoms with Gasteiger partial charge in [0, 0.05) is 78.2 Å². The normalized spacial score (nSPS) is 19.3. The van der Waals surface area contributed by atoms with Crippen molar-refractivity contribution in [3.63, 3.8) is 0 Å². The second-order valence-corrected chi connectivity index (χ2v) is 21.5. The maximum atomic E-state index is 14.2. The van der Waals surface area contributed by atoms with Crippen molar-refractivity contribution >= 4 is 57.6 Å². The van der Waals surface area contributed by atoms with Gasteiger partial charge in [0.2, 0.25) is 23.6 Å². The van der Waals surface area contributed by atoms with Gasteiger partial charge in [-0.3, -0.25) is 23.9 Å². The van der Waals surface area contributed by atoms with Crippen molar-refractivity contribution in [2.45, 2.75) is 63.4 Å². The Bertz CT molecular complexity index is 3730. The predicted molar refractivity (Wildman–Crippen MR) is 309 cm³/mol. The fraction of sp³-hybridized carbons (Fsp3) is 0.295. The van der Waals surface area contributed by atoms with Crippen LogP contribution < -0.4 is 10.6 Å². The van der Waals surface area contributed by atoms with Crippen molar-refractivity contribution in [2.75, 3.05) is 40.3 Å². The average molecular weight is 1140 g/mol. The molecule has 12 rings (SSSR count). The van der Waals surface area contributed by atoms with E-state index in [1.807, 2.05) is 111 Å². The van der Waals surface area contributed by atoms with Crippen molar-refractivity contribution in [2.24, 2.45) is 14.1 Å². The number of likely N-dealkylation sites (N-methyl/N-ethyl adjacent to an activating group) is 2. The molecule has 4 fully saturated rings. The van der Waals surface area contributed by atoms with E-state index in [0.29, 0.717) is 25.2 Å². The molecule has 84 heavy (non-hydrogen) atoms. The molecule has 4 aliphatic rings.